The van der Waals surface area contributed by atoms with E-state index in [1.807, 2.05) is 0 Å². The molecule has 1 aromatic carbocycles. The summed E-state index contributed by atoms with van der Waals surface area (Å²) in [6.07, 6.45) is 0.496. The molecule has 0 N–H and O–H groups in total. The zero-order valence-corrected chi connectivity index (χ0v) is 12.6. The van der Waals surface area contributed by atoms with E-state index in [2.05, 4.69) is 0 Å². The Balaban J connectivity index is 2.06. The normalized spacial score (nSPS) is 23.7. The molecule has 1 fully saturated rings. The van der Waals surface area contributed by atoms with E-state index in [1.165, 1.54) is 24.3 Å². The van der Waals surface area contributed by atoms with Gasteiger partial charge in [0.15, 0.2) is 9.84 Å². The highest BCUT2D eigenvalue weighted by molar-refractivity contribution is 8.00. The lowest BCUT2D eigenvalue weighted by Gasteiger charge is -2.16. The average Bonchev–Trinajstić information content (AvgIpc) is 2.68. The third kappa shape index (κ3) is 4.30. The molecule has 0 bridgehead atoms. The van der Waals surface area contributed by atoms with Crippen LogP contribution in [0.5, 0.6) is 0 Å². The lowest BCUT2D eigenvalue weighted by Crippen LogP contribution is -2.10. The first-order valence-corrected chi connectivity index (χ1v) is 8.94. The van der Waals surface area contributed by atoms with Crippen molar-refractivity contribution in [3.05, 3.63) is 29.8 Å². The standard InChI is InChI=1S/C12H12ClF3O2S2/c13-11(9-5-6-20(17,18)7-9)8-1-3-10(4-2-8)19-12(14,15)16/h1-4,9,11H,5-7H2. The quantitative estimate of drug-likeness (QED) is 0.613. The van der Waals surface area contributed by atoms with Crippen molar-refractivity contribution in [1.82, 2.24) is 0 Å². The van der Waals surface area contributed by atoms with E-state index in [0.29, 0.717) is 12.0 Å². The molecule has 2 atom stereocenters. The van der Waals surface area contributed by atoms with Crippen LogP contribution in [0.25, 0.3) is 0 Å². The maximum Gasteiger partial charge on any atom is 0.446 e. The second kappa shape index (κ2) is 5.77. The molecule has 1 aliphatic rings. The fourth-order valence-electron chi connectivity index (χ4n) is 2.18. The minimum Gasteiger partial charge on any atom is -0.229 e. The van der Waals surface area contributed by atoms with Crippen molar-refractivity contribution >= 4 is 33.2 Å². The summed E-state index contributed by atoms with van der Waals surface area (Å²) in [6.45, 7) is 0. The number of thioether (sulfide) groups is 1. The van der Waals surface area contributed by atoms with Crippen molar-refractivity contribution in [1.29, 1.82) is 0 Å². The van der Waals surface area contributed by atoms with Gasteiger partial charge in [0, 0.05) is 4.90 Å². The molecule has 1 aliphatic heterocycles. The van der Waals surface area contributed by atoms with Crippen LogP contribution in [0.4, 0.5) is 13.2 Å². The maximum atomic E-state index is 12.2. The van der Waals surface area contributed by atoms with Gasteiger partial charge < -0.3 is 0 Å². The zero-order valence-electron chi connectivity index (χ0n) is 10.2. The molecule has 0 spiro atoms. The summed E-state index contributed by atoms with van der Waals surface area (Å²) in [5.74, 6) is -0.00822. The van der Waals surface area contributed by atoms with Crippen molar-refractivity contribution in [2.24, 2.45) is 5.92 Å². The molecule has 112 valence electrons. The van der Waals surface area contributed by atoms with Gasteiger partial charge >= 0.3 is 5.51 Å². The molecule has 2 unspecified atom stereocenters. The minimum atomic E-state index is -4.32. The van der Waals surface area contributed by atoms with Gasteiger partial charge in [-0.3, -0.25) is 0 Å². The Morgan fingerprint density at radius 1 is 1.25 bits per heavy atom. The third-order valence-electron chi connectivity index (χ3n) is 3.11. The molecule has 0 amide bonds. The van der Waals surface area contributed by atoms with Crippen LogP contribution in [0.1, 0.15) is 17.4 Å². The third-order valence-corrected chi connectivity index (χ3v) is 6.26. The van der Waals surface area contributed by atoms with Crippen molar-refractivity contribution in [2.75, 3.05) is 11.5 Å². The van der Waals surface area contributed by atoms with Crippen LogP contribution in [0, 0.1) is 5.92 Å². The van der Waals surface area contributed by atoms with Crippen LogP contribution in [0.15, 0.2) is 29.2 Å². The van der Waals surface area contributed by atoms with E-state index in [-0.39, 0.29) is 34.1 Å². The molecule has 0 aliphatic carbocycles. The van der Waals surface area contributed by atoms with Crippen molar-refractivity contribution in [2.45, 2.75) is 22.2 Å². The summed E-state index contributed by atoms with van der Waals surface area (Å²) in [7, 11) is -3.02. The van der Waals surface area contributed by atoms with Crippen LogP contribution in [0.3, 0.4) is 0 Å². The molecule has 0 aromatic heterocycles. The summed E-state index contributed by atoms with van der Waals surface area (Å²) < 4.78 is 59.4. The van der Waals surface area contributed by atoms with Crippen molar-refractivity contribution in [3.8, 4) is 0 Å². The number of benzene rings is 1. The van der Waals surface area contributed by atoms with Crippen molar-refractivity contribution in [3.63, 3.8) is 0 Å². The first-order chi connectivity index (χ1) is 9.16. The molecule has 20 heavy (non-hydrogen) atoms. The van der Waals surface area contributed by atoms with Gasteiger partial charge in [-0.1, -0.05) is 12.1 Å². The van der Waals surface area contributed by atoms with E-state index in [0.717, 1.165) is 0 Å². The lowest BCUT2D eigenvalue weighted by molar-refractivity contribution is -0.0328. The van der Waals surface area contributed by atoms with Crippen LogP contribution in [-0.4, -0.2) is 25.4 Å². The second-order valence-electron chi connectivity index (χ2n) is 4.68. The van der Waals surface area contributed by atoms with Gasteiger partial charge in [0.05, 0.1) is 16.9 Å². The van der Waals surface area contributed by atoms with Crippen molar-refractivity contribution < 1.29 is 21.6 Å². The smallest absolute Gasteiger partial charge is 0.229 e. The molecule has 0 saturated carbocycles. The molecular formula is C12H12ClF3O2S2. The first kappa shape index (κ1) is 16.0. The summed E-state index contributed by atoms with van der Waals surface area (Å²) in [5, 5.41) is -0.489. The Labute approximate surface area is 124 Å². The zero-order chi connectivity index (χ0) is 15.0. The Kier molecular flexibility index (Phi) is 4.61. The molecular weight excluding hydrogens is 333 g/mol. The molecule has 8 heteroatoms. The lowest BCUT2D eigenvalue weighted by atomic mass is 9.98. The van der Waals surface area contributed by atoms with Gasteiger partial charge in [-0.15, -0.1) is 11.6 Å². The Morgan fingerprint density at radius 2 is 1.85 bits per heavy atom. The van der Waals surface area contributed by atoms with Gasteiger partial charge in [0.2, 0.25) is 0 Å². The summed E-state index contributed by atoms with van der Waals surface area (Å²) in [4.78, 5) is 0.0872. The summed E-state index contributed by atoms with van der Waals surface area (Å²) >= 11 is 6.05. The molecule has 1 heterocycles. The predicted octanol–water partition coefficient (Wildman–Crippen LogP) is 4.01. The van der Waals surface area contributed by atoms with Crippen LogP contribution in [0.2, 0.25) is 0 Å². The highest BCUT2D eigenvalue weighted by Gasteiger charge is 2.34. The van der Waals surface area contributed by atoms with E-state index >= 15 is 0 Å². The number of sulfone groups is 1. The molecule has 0 radical (unpaired) electrons. The monoisotopic (exact) mass is 344 g/mol. The maximum absolute atomic E-state index is 12.2. The Morgan fingerprint density at radius 3 is 2.30 bits per heavy atom. The van der Waals surface area contributed by atoms with Gasteiger partial charge in [-0.25, -0.2) is 8.42 Å². The largest absolute Gasteiger partial charge is 0.446 e. The Bertz CT molecular complexity index is 569. The molecule has 2 rings (SSSR count). The van der Waals surface area contributed by atoms with E-state index in [1.54, 1.807) is 0 Å². The SMILES string of the molecule is O=S1(=O)CCC(C(Cl)c2ccc(SC(F)(F)F)cc2)C1. The van der Waals surface area contributed by atoms with E-state index in [9.17, 15) is 21.6 Å². The number of rotatable bonds is 3. The number of hydrogen-bond acceptors (Lipinski definition) is 3. The summed E-state index contributed by atoms with van der Waals surface area (Å²) in [5.41, 5.74) is -3.66. The van der Waals surface area contributed by atoms with Gasteiger partial charge in [-0.05, 0) is 41.8 Å². The van der Waals surface area contributed by atoms with E-state index in [4.69, 9.17) is 11.6 Å². The van der Waals surface area contributed by atoms with Crippen LogP contribution in [-0.2, 0) is 9.84 Å². The number of halogens is 4. The highest BCUT2D eigenvalue weighted by Crippen LogP contribution is 2.39. The second-order valence-corrected chi connectivity index (χ2v) is 8.52. The first-order valence-electron chi connectivity index (χ1n) is 5.86. The number of alkyl halides is 4. The van der Waals surface area contributed by atoms with Crippen LogP contribution < -0.4 is 0 Å². The fourth-order valence-corrected chi connectivity index (χ4v) is 5.03. The average molecular weight is 345 g/mol. The molecule has 1 aromatic rings. The number of hydrogen-bond donors (Lipinski definition) is 0. The van der Waals surface area contributed by atoms with Gasteiger partial charge in [0.1, 0.15) is 0 Å². The van der Waals surface area contributed by atoms with Crippen LogP contribution >= 0.6 is 23.4 Å². The fraction of sp³-hybridized carbons (Fsp3) is 0.500. The Hall–Kier alpha value is -0.400. The topological polar surface area (TPSA) is 34.1 Å². The van der Waals surface area contributed by atoms with Gasteiger partial charge in [-0.2, -0.15) is 13.2 Å². The molecule has 1 saturated heterocycles. The predicted molar refractivity (Wildman–Crippen MR) is 73.7 cm³/mol. The summed E-state index contributed by atoms with van der Waals surface area (Å²) in [6, 6.07) is 5.76. The van der Waals surface area contributed by atoms with E-state index < -0.39 is 20.7 Å². The highest BCUT2D eigenvalue weighted by atomic mass is 35.5. The minimum absolute atomic E-state index is 0.0419. The molecule has 2 nitrogen and oxygen atoms in total. The van der Waals surface area contributed by atoms with Gasteiger partial charge in [0.25, 0.3) is 0 Å².